The summed E-state index contributed by atoms with van der Waals surface area (Å²) >= 11 is 0. The van der Waals surface area contributed by atoms with E-state index in [0.29, 0.717) is 6.42 Å². The van der Waals surface area contributed by atoms with Crippen molar-refractivity contribution in [2.45, 2.75) is 90.9 Å². The lowest BCUT2D eigenvalue weighted by molar-refractivity contribution is -0.150. The smallest absolute Gasteiger partial charge is 0.372 e. The maximum atomic E-state index is 11.2. The van der Waals surface area contributed by atoms with Gasteiger partial charge in [0.15, 0.2) is 0 Å². The molecule has 0 aromatic carbocycles. The van der Waals surface area contributed by atoms with E-state index in [-0.39, 0.29) is 5.92 Å². The third-order valence-electron chi connectivity index (χ3n) is 3.90. The van der Waals surface area contributed by atoms with Crippen molar-refractivity contribution in [1.82, 2.24) is 0 Å². The molecule has 0 aromatic rings. The molecule has 0 bridgehead atoms. The van der Waals surface area contributed by atoms with Gasteiger partial charge in [0.1, 0.15) is 0 Å². The zero-order valence-electron chi connectivity index (χ0n) is 13.3. The first-order valence-corrected chi connectivity index (χ1v) is 8.36. The summed E-state index contributed by atoms with van der Waals surface area (Å²) in [5, 5.41) is 8.58. The normalized spacial score (nSPS) is 12.3. The molecular formula is C17H32O3. The first-order chi connectivity index (χ1) is 9.59. The molecule has 0 aromatic heterocycles. The standard InChI is InChI=1S/C17H32O3/c1-3-4-5-6-7-8-9-10-11-12-13-14-15(2)16(18)17(19)20/h15H,3-14H2,1-2H3,(H,19,20). The van der Waals surface area contributed by atoms with Gasteiger partial charge in [-0.05, 0) is 6.42 Å². The fourth-order valence-corrected chi connectivity index (χ4v) is 2.46. The summed E-state index contributed by atoms with van der Waals surface area (Å²) in [7, 11) is 0. The fraction of sp³-hybridized carbons (Fsp3) is 0.882. The molecule has 0 aliphatic carbocycles. The minimum Gasteiger partial charge on any atom is -0.475 e. The Bertz CT molecular complexity index is 261. The predicted molar refractivity (Wildman–Crippen MR) is 82.9 cm³/mol. The van der Waals surface area contributed by atoms with Crippen molar-refractivity contribution in [1.29, 1.82) is 0 Å². The molecule has 0 aliphatic rings. The second-order valence-electron chi connectivity index (χ2n) is 5.89. The molecule has 118 valence electrons. The van der Waals surface area contributed by atoms with Gasteiger partial charge in [0.25, 0.3) is 0 Å². The third kappa shape index (κ3) is 11.0. The second kappa shape index (κ2) is 13.1. The highest BCUT2D eigenvalue weighted by Crippen LogP contribution is 2.14. The van der Waals surface area contributed by atoms with E-state index in [1.165, 1.54) is 57.8 Å². The van der Waals surface area contributed by atoms with Crippen LogP contribution in [0, 0.1) is 5.92 Å². The van der Waals surface area contributed by atoms with Crippen LogP contribution in [0.3, 0.4) is 0 Å². The first kappa shape index (κ1) is 19.1. The Balaban J connectivity index is 3.24. The SMILES string of the molecule is CCCCCCCCCCCCCC(C)C(=O)C(=O)O. The van der Waals surface area contributed by atoms with Crippen molar-refractivity contribution in [2.75, 3.05) is 0 Å². The van der Waals surface area contributed by atoms with E-state index in [1.54, 1.807) is 6.92 Å². The number of carboxylic acids is 1. The number of unbranched alkanes of at least 4 members (excludes halogenated alkanes) is 10. The van der Waals surface area contributed by atoms with Gasteiger partial charge in [-0.2, -0.15) is 0 Å². The highest BCUT2D eigenvalue weighted by Gasteiger charge is 2.19. The van der Waals surface area contributed by atoms with Crippen LogP contribution in [0.5, 0.6) is 0 Å². The van der Waals surface area contributed by atoms with Crippen molar-refractivity contribution in [3.63, 3.8) is 0 Å². The van der Waals surface area contributed by atoms with Gasteiger partial charge in [0.05, 0.1) is 0 Å². The fourth-order valence-electron chi connectivity index (χ4n) is 2.46. The minimum atomic E-state index is -1.29. The summed E-state index contributed by atoms with van der Waals surface area (Å²) < 4.78 is 0. The first-order valence-electron chi connectivity index (χ1n) is 8.36. The Hall–Kier alpha value is -0.860. The molecule has 0 saturated carbocycles. The lowest BCUT2D eigenvalue weighted by Gasteiger charge is -2.07. The molecule has 20 heavy (non-hydrogen) atoms. The summed E-state index contributed by atoms with van der Waals surface area (Å²) in [4.78, 5) is 21.6. The van der Waals surface area contributed by atoms with E-state index < -0.39 is 11.8 Å². The van der Waals surface area contributed by atoms with E-state index in [9.17, 15) is 9.59 Å². The average molecular weight is 284 g/mol. The molecule has 0 saturated heterocycles. The Labute approximate surface area is 124 Å². The molecule has 1 atom stereocenters. The minimum absolute atomic E-state index is 0.328. The number of carbonyl (C=O) groups excluding carboxylic acids is 1. The van der Waals surface area contributed by atoms with Crippen LogP contribution in [-0.4, -0.2) is 16.9 Å². The second-order valence-corrected chi connectivity index (χ2v) is 5.89. The van der Waals surface area contributed by atoms with Crippen LogP contribution in [0.15, 0.2) is 0 Å². The van der Waals surface area contributed by atoms with Crippen LogP contribution in [0.1, 0.15) is 90.9 Å². The van der Waals surface area contributed by atoms with Gasteiger partial charge >= 0.3 is 5.97 Å². The van der Waals surface area contributed by atoms with E-state index in [1.807, 2.05) is 0 Å². The maximum Gasteiger partial charge on any atom is 0.372 e. The molecular weight excluding hydrogens is 252 g/mol. The van der Waals surface area contributed by atoms with Crippen LogP contribution < -0.4 is 0 Å². The summed E-state index contributed by atoms with van der Waals surface area (Å²) in [6, 6.07) is 0. The Kier molecular flexibility index (Phi) is 12.6. The van der Waals surface area contributed by atoms with Gasteiger partial charge in [-0.15, -0.1) is 0 Å². The monoisotopic (exact) mass is 284 g/mol. The zero-order chi connectivity index (χ0) is 15.2. The number of carboxylic acid groups (broad SMARTS) is 1. The number of hydrogen-bond acceptors (Lipinski definition) is 2. The van der Waals surface area contributed by atoms with Crippen LogP contribution >= 0.6 is 0 Å². The van der Waals surface area contributed by atoms with E-state index in [4.69, 9.17) is 5.11 Å². The highest BCUT2D eigenvalue weighted by atomic mass is 16.4. The van der Waals surface area contributed by atoms with Gasteiger partial charge in [0.2, 0.25) is 5.78 Å². The number of hydrogen-bond donors (Lipinski definition) is 1. The van der Waals surface area contributed by atoms with E-state index >= 15 is 0 Å². The molecule has 3 heteroatoms. The van der Waals surface area contributed by atoms with E-state index in [2.05, 4.69) is 6.92 Å². The van der Waals surface area contributed by atoms with Gasteiger partial charge in [-0.25, -0.2) is 4.79 Å². The Morgan fingerprint density at radius 3 is 1.60 bits per heavy atom. The van der Waals surface area contributed by atoms with Crippen LogP contribution in [0.25, 0.3) is 0 Å². The highest BCUT2D eigenvalue weighted by molar-refractivity contribution is 6.33. The van der Waals surface area contributed by atoms with Gasteiger partial charge in [-0.3, -0.25) is 4.79 Å². The summed E-state index contributed by atoms with van der Waals surface area (Å²) in [5.74, 6) is -2.26. The van der Waals surface area contributed by atoms with Crippen molar-refractivity contribution < 1.29 is 14.7 Å². The van der Waals surface area contributed by atoms with Gasteiger partial charge < -0.3 is 5.11 Å². The lowest BCUT2D eigenvalue weighted by Crippen LogP contribution is -2.20. The molecule has 0 rings (SSSR count). The van der Waals surface area contributed by atoms with Crippen molar-refractivity contribution in [3.8, 4) is 0 Å². The lowest BCUT2D eigenvalue weighted by atomic mass is 9.98. The number of carbonyl (C=O) groups is 2. The van der Waals surface area contributed by atoms with Crippen LogP contribution in [0.2, 0.25) is 0 Å². The molecule has 0 amide bonds. The van der Waals surface area contributed by atoms with Gasteiger partial charge in [-0.1, -0.05) is 84.5 Å². The van der Waals surface area contributed by atoms with Crippen LogP contribution in [0.4, 0.5) is 0 Å². The molecule has 0 heterocycles. The maximum absolute atomic E-state index is 11.2. The molecule has 0 fully saturated rings. The summed E-state index contributed by atoms with van der Waals surface area (Å²) in [6.45, 7) is 3.96. The third-order valence-corrected chi connectivity index (χ3v) is 3.90. The molecule has 1 N–H and O–H groups in total. The molecule has 0 spiro atoms. The summed E-state index contributed by atoms with van der Waals surface area (Å²) in [5.41, 5.74) is 0. The molecule has 0 aliphatic heterocycles. The quantitative estimate of drug-likeness (QED) is 0.361. The van der Waals surface area contributed by atoms with Gasteiger partial charge in [0, 0.05) is 5.92 Å². The summed E-state index contributed by atoms with van der Waals surface area (Å²) in [6.07, 6.45) is 14.7. The molecule has 0 radical (unpaired) electrons. The Morgan fingerprint density at radius 1 is 0.800 bits per heavy atom. The largest absolute Gasteiger partial charge is 0.475 e. The zero-order valence-corrected chi connectivity index (χ0v) is 13.3. The average Bonchev–Trinajstić information content (AvgIpc) is 2.43. The number of rotatable bonds is 14. The van der Waals surface area contributed by atoms with Crippen molar-refractivity contribution in [3.05, 3.63) is 0 Å². The Morgan fingerprint density at radius 2 is 1.20 bits per heavy atom. The van der Waals surface area contributed by atoms with Crippen molar-refractivity contribution >= 4 is 11.8 Å². The number of ketones is 1. The molecule has 3 nitrogen and oxygen atoms in total. The van der Waals surface area contributed by atoms with Crippen LogP contribution in [-0.2, 0) is 9.59 Å². The number of aliphatic carboxylic acids is 1. The number of Topliss-reactive ketones (excluding diaryl/α,β-unsaturated/α-hetero) is 1. The topological polar surface area (TPSA) is 54.4 Å². The predicted octanol–water partition coefficient (Wildman–Crippen LogP) is 4.98. The van der Waals surface area contributed by atoms with Crippen molar-refractivity contribution in [2.24, 2.45) is 5.92 Å². The molecule has 1 unspecified atom stereocenters. The van der Waals surface area contributed by atoms with E-state index in [0.717, 1.165) is 12.8 Å².